The van der Waals surface area contributed by atoms with Crippen LogP contribution in [0.5, 0.6) is 0 Å². The zero-order valence-corrected chi connectivity index (χ0v) is 12.6. The Morgan fingerprint density at radius 1 is 1.16 bits per heavy atom. The van der Waals surface area contributed by atoms with E-state index in [4.69, 9.17) is 0 Å². The van der Waals surface area contributed by atoms with Gasteiger partial charge in [0.1, 0.15) is 0 Å². The molecule has 0 aliphatic rings. The molecule has 0 bridgehead atoms. The maximum absolute atomic E-state index is 11.8. The van der Waals surface area contributed by atoms with Crippen molar-refractivity contribution in [1.82, 2.24) is 9.55 Å². The summed E-state index contributed by atoms with van der Waals surface area (Å²) in [6, 6.07) is 7.15. The molecule has 0 radical (unpaired) electrons. The van der Waals surface area contributed by atoms with E-state index in [0.717, 1.165) is 15.7 Å². The lowest BCUT2D eigenvalue weighted by Crippen LogP contribution is -2.27. The van der Waals surface area contributed by atoms with Crippen LogP contribution in [0.4, 0.5) is 0 Å². The second-order valence-corrected chi connectivity index (χ2v) is 6.34. The lowest BCUT2D eigenvalue weighted by atomic mass is 9.87. The van der Waals surface area contributed by atoms with Gasteiger partial charge in [-0.1, -0.05) is 36.7 Å². The number of nitrogens with zero attached hydrogens (tertiary/aromatic N) is 1. The van der Waals surface area contributed by atoms with Gasteiger partial charge in [-0.3, -0.25) is 14.3 Å². The van der Waals surface area contributed by atoms with E-state index in [0.29, 0.717) is 0 Å². The van der Waals surface area contributed by atoms with Crippen molar-refractivity contribution in [1.29, 1.82) is 0 Å². The van der Waals surface area contributed by atoms with Gasteiger partial charge in [0.15, 0.2) is 0 Å². The van der Waals surface area contributed by atoms with Gasteiger partial charge in [0, 0.05) is 16.7 Å². The Morgan fingerprint density at radius 2 is 1.84 bits per heavy atom. The first kappa shape index (κ1) is 13.8. The van der Waals surface area contributed by atoms with Crippen molar-refractivity contribution in [3.05, 3.63) is 61.3 Å². The summed E-state index contributed by atoms with van der Waals surface area (Å²) >= 11 is 3.45. The van der Waals surface area contributed by atoms with Crippen LogP contribution in [0.2, 0.25) is 0 Å². The van der Waals surface area contributed by atoms with E-state index in [9.17, 15) is 9.59 Å². The number of aromatic nitrogens is 2. The Hall–Kier alpha value is -1.62. The summed E-state index contributed by atoms with van der Waals surface area (Å²) in [7, 11) is 0. The van der Waals surface area contributed by atoms with Crippen LogP contribution in [0, 0.1) is 0 Å². The zero-order chi connectivity index (χ0) is 14.2. The second-order valence-electron chi connectivity index (χ2n) is 5.43. The van der Waals surface area contributed by atoms with Crippen LogP contribution in [0.25, 0.3) is 5.69 Å². The minimum Gasteiger partial charge on any atom is -0.274 e. The number of rotatable bonds is 1. The summed E-state index contributed by atoms with van der Waals surface area (Å²) in [5.74, 6) is 0. The Kier molecular flexibility index (Phi) is 3.49. The largest absolute Gasteiger partial charge is 0.332 e. The first-order valence-electron chi connectivity index (χ1n) is 5.91. The molecule has 0 fully saturated rings. The van der Waals surface area contributed by atoms with Gasteiger partial charge in [-0.2, -0.15) is 0 Å². The van der Waals surface area contributed by atoms with Crippen LogP contribution in [0.1, 0.15) is 26.3 Å². The van der Waals surface area contributed by atoms with Gasteiger partial charge in [0.25, 0.3) is 5.56 Å². The Balaban J connectivity index is 2.66. The molecule has 0 saturated carbocycles. The highest BCUT2D eigenvalue weighted by molar-refractivity contribution is 9.10. The van der Waals surface area contributed by atoms with Gasteiger partial charge < -0.3 is 0 Å². The average molecular weight is 323 g/mol. The third kappa shape index (κ3) is 3.04. The van der Waals surface area contributed by atoms with Gasteiger partial charge in [-0.05, 0) is 29.2 Å². The molecule has 0 spiro atoms. The number of H-pyrrole nitrogens is 1. The van der Waals surface area contributed by atoms with Gasteiger partial charge in [-0.25, -0.2) is 4.79 Å². The first-order chi connectivity index (χ1) is 8.77. The fourth-order valence-electron chi connectivity index (χ4n) is 1.77. The molecular weight excluding hydrogens is 308 g/mol. The predicted octanol–water partition coefficient (Wildman–Crippen LogP) is 2.59. The van der Waals surface area contributed by atoms with Crippen molar-refractivity contribution >= 4 is 15.9 Å². The third-order valence-electron chi connectivity index (χ3n) is 2.85. The number of benzene rings is 1. The minimum atomic E-state index is -0.439. The maximum atomic E-state index is 11.8. The second kappa shape index (κ2) is 4.81. The van der Waals surface area contributed by atoms with Crippen LogP contribution in [0.15, 0.2) is 44.5 Å². The van der Waals surface area contributed by atoms with E-state index in [-0.39, 0.29) is 5.41 Å². The zero-order valence-electron chi connectivity index (χ0n) is 11.0. The maximum Gasteiger partial charge on any atom is 0.332 e. The summed E-state index contributed by atoms with van der Waals surface area (Å²) < 4.78 is 2.31. The molecule has 0 atom stereocenters. The summed E-state index contributed by atoms with van der Waals surface area (Å²) in [5.41, 5.74) is 0.970. The van der Waals surface area contributed by atoms with Gasteiger partial charge in [0.2, 0.25) is 0 Å². The van der Waals surface area contributed by atoms with Crippen molar-refractivity contribution in [2.24, 2.45) is 0 Å². The molecule has 0 saturated heterocycles. The summed E-state index contributed by atoms with van der Waals surface area (Å²) in [5, 5.41) is 0. The van der Waals surface area contributed by atoms with Crippen LogP contribution >= 0.6 is 15.9 Å². The van der Waals surface area contributed by atoms with Crippen LogP contribution in [0.3, 0.4) is 0 Å². The first-order valence-corrected chi connectivity index (χ1v) is 6.70. The van der Waals surface area contributed by atoms with E-state index >= 15 is 0 Å². The number of hydrogen-bond donors (Lipinski definition) is 1. The lowest BCUT2D eigenvalue weighted by Gasteiger charge is -2.20. The molecule has 5 heteroatoms. The van der Waals surface area contributed by atoms with Gasteiger partial charge in [0.05, 0.1) is 5.69 Å². The smallest absolute Gasteiger partial charge is 0.274 e. The Bertz CT molecular complexity index is 723. The molecule has 2 rings (SSSR count). The van der Waals surface area contributed by atoms with Crippen molar-refractivity contribution in [2.45, 2.75) is 26.2 Å². The summed E-state index contributed by atoms with van der Waals surface area (Å²) in [6.45, 7) is 6.32. The number of hydrogen-bond acceptors (Lipinski definition) is 2. The van der Waals surface area contributed by atoms with Crippen molar-refractivity contribution in [2.75, 3.05) is 0 Å². The molecule has 0 aliphatic heterocycles. The fraction of sp³-hybridized carbons (Fsp3) is 0.286. The molecule has 0 unspecified atom stereocenters. The minimum absolute atomic E-state index is 0.0235. The molecule has 1 N–H and O–H groups in total. The molecule has 19 heavy (non-hydrogen) atoms. The van der Waals surface area contributed by atoms with Crippen molar-refractivity contribution < 1.29 is 0 Å². The highest BCUT2D eigenvalue weighted by Crippen LogP contribution is 2.27. The molecular formula is C14H15BrN2O2. The van der Waals surface area contributed by atoms with Crippen LogP contribution in [-0.4, -0.2) is 9.55 Å². The van der Waals surface area contributed by atoms with E-state index < -0.39 is 11.2 Å². The highest BCUT2D eigenvalue weighted by atomic mass is 79.9. The quantitative estimate of drug-likeness (QED) is 0.877. The highest BCUT2D eigenvalue weighted by Gasteiger charge is 2.15. The van der Waals surface area contributed by atoms with Crippen LogP contribution < -0.4 is 11.2 Å². The van der Waals surface area contributed by atoms with E-state index in [1.807, 2.05) is 18.2 Å². The normalized spacial score (nSPS) is 11.6. The van der Waals surface area contributed by atoms with Gasteiger partial charge in [-0.15, -0.1) is 0 Å². The van der Waals surface area contributed by atoms with Crippen LogP contribution in [-0.2, 0) is 5.41 Å². The molecule has 1 heterocycles. The monoisotopic (exact) mass is 322 g/mol. The Morgan fingerprint density at radius 3 is 2.42 bits per heavy atom. The van der Waals surface area contributed by atoms with Crippen molar-refractivity contribution in [3.63, 3.8) is 0 Å². The number of nitrogens with one attached hydrogen (secondary N) is 1. The fourth-order valence-corrected chi connectivity index (χ4v) is 2.25. The Labute approximate surface area is 119 Å². The number of halogens is 1. The predicted molar refractivity (Wildman–Crippen MR) is 79.1 cm³/mol. The van der Waals surface area contributed by atoms with E-state index in [1.54, 1.807) is 0 Å². The molecule has 1 aromatic heterocycles. The third-order valence-corrected chi connectivity index (χ3v) is 3.31. The van der Waals surface area contributed by atoms with E-state index in [2.05, 4.69) is 41.7 Å². The molecule has 0 aliphatic carbocycles. The molecule has 0 amide bonds. The summed E-state index contributed by atoms with van der Waals surface area (Å²) in [4.78, 5) is 25.1. The SMILES string of the molecule is CC(C)(C)c1cc(Br)cc(-n2ccc(=O)[nH]c2=O)c1. The number of aromatic amines is 1. The van der Waals surface area contributed by atoms with E-state index in [1.165, 1.54) is 16.8 Å². The molecule has 100 valence electrons. The lowest BCUT2D eigenvalue weighted by molar-refractivity contribution is 0.589. The van der Waals surface area contributed by atoms with Crippen molar-refractivity contribution in [3.8, 4) is 5.69 Å². The average Bonchev–Trinajstić information content (AvgIpc) is 2.26. The standard InChI is InChI=1S/C14H15BrN2O2/c1-14(2,3)9-6-10(15)8-11(7-9)17-5-4-12(18)16-13(17)19/h4-8H,1-3H3,(H,16,18,19). The molecule has 4 nitrogen and oxygen atoms in total. The summed E-state index contributed by atoms with van der Waals surface area (Å²) in [6.07, 6.45) is 1.48. The van der Waals surface area contributed by atoms with Gasteiger partial charge >= 0.3 is 5.69 Å². The molecule has 2 aromatic rings. The topological polar surface area (TPSA) is 54.9 Å². The molecule has 1 aromatic carbocycles.